The summed E-state index contributed by atoms with van der Waals surface area (Å²) in [4.78, 5) is 34.7. The minimum Gasteiger partial charge on any atom is -0.362 e. The third-order valence-electron chi connectivity index (χ3n) is 5.08. The lowest BCUT2D eigenvalue weighted by atomic mass is 9.97. The molecule has 0 aliphatic carbocycles. The van der Waals surface area contributed by atoms with Gasteiger partial charge in [-0.2, -0.15) is 0 Å². The Bertz CT molecular complexity index is 821. The fourth-order valence-electron chi connectivity index (χ4n) is 3.75. The van der Waals surface area contributed by atoms with Gasteiger partial charge in [0.2, 0.25) is 0 Å². The molecule has 0 saturated carbocycles. The fraction of sp³-hybridized carbons (Fsp3) is 0.526. The van der Waals surface area contributed by atoms with E-state index in [9.17, 15) is 9.59 Å². The van der Waals surface area contributed by atoms with Gasteiger partial charge in [-0.3, -0.25) is 9.59 Å². The van der Waals surface area contributed by atoms with E-state index >= 15 is 0 Å². The van der Waals surface area contributed by atoms with E-state index in [1.165, 1.54) is 6.07 Å². The third-order valence-corrected chi connectivity index (χ3v) is 5.08. The number of piperidine rings is 1. The number of hydrogen-bond acceptors (Lipinski definition) is 3. The maximum absolute atomic E-state index is 13.1. The number of nitrogens with one attached hydrogen (secondary N) is 1. The van der Waals surface area contributed by atoms with Gasteiger partial charge in [0.05, 0.1) is 0 Å². The van der Waals surface area contributed by atoms with E-state index in [-0.39, 0.29) is 22.9 Å². The van der Waals surface area contributed by atoms with Crippen LogP contribution in [0, 0.1) is 20.8 Å². The number of rotatable bonds is 4. The molecule has 6 heteroatoms. The predicted octanol–water partition coefficient (Wildman–Crippen LogP) is 2.58. The molecule has 1 N–H and O–H groups in total. The summed E-state index contributed by atoms with van der Waals surface area (Å²) in [6.07, 6.45) is 7.76. The van der Waals surface area contributed by atoms with Crippen molar-refractivity contribution < 1.29 is 4.79 Å². The molecule has 1 unspecified atom stereocenters. The minimum absolute atomic E-state index is 0.134. The molecule has 25 heavy (non-hydrogen) atoms. The highest BCUT2D eigenvalue weighted by Gasteiger charge is 2.29. The Morgan fingerprint density at radius 3 is 2.80 bits per heavy atom. The maximum Gasteiger partial charge on any atom is 0.259 e. The molecular formula is C19H26N4O2. The number of hydrogen-bond donors (Lipinski definition) is 1. The standard InChI is InChI=1S/C19H26N4O2/c1-13-12-17(24)18(14(2)21-13)19(25)23-9-5-4-6-16(23)7-10-22-11-8-20-15(22)3/h8,11-12,16H,4-7,9-10H2,1-3H3,(H,21,24). The summed E-state index contributed by atoms with van der Waals surface area (Å²) < 4.78 is 2.11. The van der Waals surface area contributed by atoms with Crippen LogP contribution in [0.2, 0.25) is 0 Å². The molecule has 1 aliphatic rings. The molecule has 3 rings (SSSR count). The van der Waals surface area contributed by atoms with Gasteiger partial charge in [-0.05, 0) is 46.5 Å². The van der Waals surface area contributed by atoms with Crippen molar-refractivity contribution in [2.75, 3.05) is 6.54 Å². The van der Waals surface area contributed by atoms with Crippen molar-refractivity contribution >= 4 is 5.91 Å². The summed E-state index contributed by atoms with van der Waals surface area (Å²) >= 11 is 0. The summed E-state index contributed by atoms with van der Waals surface area (Å²) in [5.74, 6) is 0.852. The highest BCUT2D eigenvalue weighted by molar-refractivity contribution is 5.95. The topological polar surface area (TPSA) is 71.0 Å². The van der Waals surface area contributed by atoms with Gasteiger partial charge in [0.25, 0.3) is 5.91 Å². The molecule has 2 aromatic heterocycles. The molecule has 1 atom stereocenters. The van der Waals surface area contributed by atoms with Crippen molar-refractivity contribution in [3.05, 3.63) is 51.5 Å². The van der Waals surface area contributed by atoms with Gasteiger partial charge in [0, 0.05) is 49.0 Å². The molecule has 134 valence electrons. The summed E-state index contributed by atoms with van der Waals surface area (Å²) in [6, 6.07) is 1.68. The van der Waals surface area contributed by atoms with E-state index in [0.717, 1.165) is 50.3 Å². The van der Waals surface area contributed by atoms with Crippen LogP contribution < -0.4 is 5.43 Å². The number of pyridine rings is 1. The number of carbonyl (C=O) groups excluding carboxylic acids is 1. The average Bonchev–Trinajstić information content (AvgIpc) is 2.97. The molecular weight excluding hydrogens is 316 g/mol. The Morgan fingerprint density at radius 2 is 2.12 bits per heavy atom. The highest BCUT2D eigenvalue weighted by Crippen LogP contribution is 2.22. The Kier molecular flexibility index (Phi) is 5.06. The summed E-state index contributed by atoms with van der Waals surface area (Å²) in [6.45, 7) is 7.18. The molecule has 1 amide bonds. The first-order valence-electron chi connectivity index (χ1n) is 8.96. The second-order valence-corrected chi connectivity index (χ2v) is 6.92. The van der Waals surface area contributed by atoms with Crippen molar-refractivity contribution in [2.24, 2.45) is 0 Å². The Labute approximate surface area is 147 Å². The largest absolute Gasteiger partial charge is 0.362 e. The molecule has 0 radical (unpaired) electrons. The molecule has 0 spiro atoms. The van der Waals surface area contributed by atoms with Gasteiger partial charge < -0.3 is 14.5 Å². The second-order valence-electron chi connectivity index (χ2n) is 6.92. The number of carbonyl (C=O) groups is 1. The second kappa shape index (κ2) is 7.25. The quantitative estimate of drug-likeness (QED) is 0.928. The van der Waals surface area contributed by atoms with Gasteiger partial charge in [-0.1, -0.05) is 0 Å². The van der Waals surface area contributed by atoms with Crippen LogP contribution in [0.5, 0.6) is 0 Å². The normalized spacial score (nSPS) is 17.7. The number of aryl methyl sites for hydroxylation is 4. The van der Waals surface area contributed by atoms with Crippen molar-refractivity contribution in [2.45, 2.75) is 59.0 Å². The monoisotopic (exact) mass is 342 g/mol. The Morgan fingerprint density at radius 1 is 1.32 bits per heavy atom. The van der Waals surface area contributed by atoms with E-state index in [1.54, 1.807) is 13.1 Å². The van der Waals surface area contributed by atoms with Crippen LogP contribution in [0.15, 0.2) is 23.3 Å². The van der Waals surface area contributed by atoms with E-state index < -0.39 is 0 Å². The van der Waals surface area contributed by atoms with E-state index in [0.29, 0.717) is 5.69 Å². The van der Waals surface area contributed by atoms with Crippen molar-refractivity contribution in [3.8, 4) is 0 Å². The number of aromatic nitrogens is 3. The molecule has 0 aromatic carbocycles. The summed E-state index contributed by atoms with van der Waals surface area (Å²) in [5.41, 5.74) is 1.54. The van der Waals surface area contributed by atoms with Crippen molar-refractivity contribution in [1.29, 1.82) is 0 Å². The number of likely N-dealkylation sites (tertiary alicyclic amines) is 1. The van der Waals surface area contributed by atoms with Crippen molar-refractivity contribution in [1.82, 2.24) is 19.4 Å². The first-order valence-corrected chi connectivity index (χ1v) is 8.96. The number of imidazole rings is 1. The zero-order chi connectivity index (χ0) is 18.0. The van der Waals surface area contributed by atoms with E-state index in [1.807, 2.05) is 24.9 Å². The van der Waals surface area contributed by atoms with Gasteiger partial charge in [0.1, 0.15) is 11.4 Å². The molecule has 0 bridgehead atoms. The number of nitrogens with zero attached hydrogens (tertiary/aromatic N) is 3. The van der Waals surface area contributed by atoms with Gasteiger partial charge >= 0.3 is 0 Å². The molecule has 1 aliphatic heterocycles. The lowest BCUT2D eigenvalue weighted by Crippen LogP contribution is -2.46. The van der Waals surface area contributed by atoms with E-state index in [4.69, 9.17) is 0 Å². The number of aromatic amines is 1. The molecule has 3 heterocycles. The van der Waals surface area contributed by atoms with Crippen LogP contribution >= 0.6 is 0 Å². The van der Waals surface area contributed by atoms with Crippen LogP contribution in [-0.4, -0.2) is 37.9 Å². The van der Waals surface area contributed by atoms with E-state index in [2.05, 4.69) is 14.5 Å². The Hall–Kier alpha value is -2.37. The lowest BCUT2D eigenvalue weighted by molar-refractivity contribution is 0.0592. The number of H-pyrrole nitrogens is 1. The smallest absolute Gasteiger partial charge is 0.259 e. The Balaban J connectivity index is 1.80. The molecule has 1 saturated heterocycles. The van der Waals surface area contributed by atoms with Crippen molar-refractivity contribution in [3.63, 3.8) is 0 Å². The first kappa shape index (κ1) is 17.5. The summed E-state index contributed by atoms with van der Waals surface area (Å²) in [7, 11) is 0. The predicted molar refractivity (Wildman–Crippen MR) is 96.8 cm³/mol. The van der Waals surface area contributed by atoms with Crippen LogP contribution in [0.4, 0.5) is 0 Å². The van der Waals surface area contributed by atoms with Crippen LogP contribution in [0.1, 0.15) is 53.3 Å². The van der Waals surface area contributed by atoms with Gasteiger partial charge in [0.15, 0.2) is 5.43 Å². The third kappa shape index (κ3) is 3.67. The van der Waals surface area contributed by atoms with Gasteiger partial charge in [-0.15, -0.1) is 0 Å². The number of amides is 1. The fourth-order valence-corrected chi connectivity index (χ4v) is 3.75. The summed E-state index contributed by atoms with van der Waals surface area (Å²) in [5, 5.41) is 0. The SMILES string of the molecule is Cc1cc(=O)c(C(=O)N2CCCCC2CCn2ccnc2C)c(C)[nH]1. The maximum atomic E-state index is 13.1. The lowest BCUT2D eigenvalue weighted by Gasteiger charge is -2.36. The molecule has 6 nitrogen and oxygen atoms in total. The zero-order valence-corrected chi connectivity index (χ0v) is 15.2. The van der Waals surface area contributed by atoms with Crippen LogP contribution in [0.25, 0.3) is 0 Å². The van der Waals surface area contributed by atoms with Crippen LogP contribution in [-0.2, 0) is 6.54 Å². The van der Waals surface area contributed by atoms with Crippen LogP contribution in [0.3, 0.4) is 0 Å². The average molecular weight is 342 g/mol. The highest BCUT2D eigenvalue weighted by atomic mass is 16.2. The molecule has 2 aromatic rings. The zero-order valence-electron chi connectivity index (χ0n) is 15.2. The minimum atomic E-state index is -0.187. The molecule has 1 fully saturated rings. The van der Waals surface area contributed by atoms with Gasteiger partial charge in [-0.25, -0.2) is 4.98 Å². The first-order chi connectivity index (χ1) is 12.0.